The van der Waals surface area contributed by atoms with E-state index in [1.165, 1.54) is 0 Å². The summed E-state index contributed by atoms with van der Waals surface area (Å²) in [7, 11) is 0. The molecule has 0 unspecified atom stereocenters. The fraction of sp³-hybridized carbons (Fsp3) is 0.333. The van der Waals surface area contributed by atoms with Gasteiger partial charge < -0.3 is 15.5 Å². The Morgan fingerprint density at radius 3 is 2.52 bits per heavy atom. The van der Waals surface area contributed by atoms with Crippen molar-refractivity contribution in [1.29, 1.82) is 0 Å². The van der Waals surface area contributed by atoms with E-state index in [1.807, 2.05) is 50.2 Å². The van der Waals surface area contributed by atoms with Gasteiger partial charge in [-0.25, -0.2) is 0 Å². The zero-order valence-electron chi connectivity index (χ0n) is 15.6. The molecule has 1 aliphatic rings. The highest BCUT2D eigenvalue weighted by molar-refractivity contribution is 9.10. The number of nitrogens with zero attached hydrogens (tertiary/aromatic N) is 1. The molecule has 1 saturated heterocycles. The zero-order valence-corrected chi connectivity index (χ0v) is 17.2. The highest BCUT2D eigenvalue weighted by Gasteiger charge is 2.20. The molecule has 2 aromatic carbocycles. The SMILES string of the molecule is Cc1ccc(N2CCCC2)c(C(=O)NCC(=O)Nc2ccc(Br)c(C)c2)c1. The number of halogens is 1. The van der Waals surface area contributed by atoms with Crippen molar-refractivity contribution in [3.8, 4) is 0 Å². The van der Waals surface area contributed by atoms with Crippen LogP contribution in [-0.2, 0) is 4.79 Å². The monoisotopic (exact) mass is 429 g/mol. The smallest absolute Gasteiger partial charge is 0.253 e. The number of rotatable bonds is 5. The molecule has 1 fully saturated rings. The lowest BCUT2D eigenvalue weighted by Gasteiger charge is -2.21. The average Bonchev–Trinajstić information content (AvgIpc) is 3.17. The average molecular weight is 430 g/mol. The van der Waals surface area contributed by atoms with E-state index in [4.69, 9.17) is 0 Å². The fourth-order valence-corrected chi connectivity index (χ4v) is 3.50. The molecule has 0 spiro atoms. The molecule has 1 heterocycles. The van der Waals surface area contributed by atoms with Gasteiger partial charge in [0.1, 0.15) is 0 Å². The first kappa shape index (κ1) is 19.4. The van der Waals surface area contributed by atoms with E-state index >= 15 is 0 Å². The maximum atomic E-state index is 12.7. The lowest BCUT2D eigenvalue weighted by molar-refractivity contribution is -0.115. The summed E-state index contributed by atoms with van der Waals surface area (Å²) in [6.07, 6.45) is 2.29. The van der Waals surface area contributed by atoms with Gasteiger partial charge in [-0.15, -0.1) is 0 Å². The van der Waals surface area contributed by atoms with E-state index in [2.05, 4.69) is 31.5 Å². The normalized spacial score (nSPS) is 13.5. The number of amides is 2. The van der Waals surface area contributed by atoms with Crippen LogP contribution < -0.4 is 15.5 Å². The minimum atomic E-state index is -0.250. The number of carbonyl (C=O) groups excluding carboxylic acids is 2. The number of nitrogens with one attached hydrogen (secondary N) is 2. The van der Waals surface area contributed by atoms with Crippen LogP contribution in [0.15, 0.2) is 40.9 Å². The second kappa shape index (κ2) is 8.57. The standard InChI is InChI=1S/C21H24BrN3O2/c1-14-5-8-19(25-9-3-4-10-25)17(11-14)21(27)23-13-20(26)24-16-6-7-18(22)15(2)12-16/h5-8,11-12H,3-4,9-10,13H2,1-2H3,(H,23,27)(H,24,26). The van der Waals surface area contributed by atoms with Gasteiger partial charge in [-0.1, -0.05) is 27.6 Å². The van der Waals surface area contributed by atoms with Crippen LogP contribution in [0, 0.1) is 13.8 Å². The van der Waals surface area contributed by atoms with Gasteiger partial charge in [-0.3, -0.25) is 9.59 Å². The number of aryl methyl sites for hydroxylation is 2. The highest BCUT2D eigenvalue weighted by Crippen LogP contribution is 2.25. The third-order valence-electron chi connectivity index (χ3n) is 4.69. The molecule has 1 aliphatic heterocycles. The van der Waals surface area contributed by atoms with Crippen LogP contribution >= 0.6 is 15.9 Å². The summed E-state index contributed by atoms with van der Waals surface area (Å²) in [5.74, 6) is -0.469. The third-order valence-corrected chi connectivity index (χ3v) is 5.58. The Morgan fingerprint density at radius 2 is 1.81 bits per heavy atom. The Bertz CT molecular complexity index is 861. The zero-order chi connectivity index (χ0) is 19.4. The Labute approximate surface area is 168 Å². The molecule has 0 radical (unpaired) electrons. The lowest BCUT2D eigenvalue weighted by atomic mass is 10.1. The van der Waals surface area contributed by atoms with Crippen molar-refractivity contribution in [3.63, 3.8) is 0 Å². The Balaban J connectivity index is 1.64. The topological polar surface area (TPSA) is 61.4 Å². The predicted molar refractivity (Wildman–Crippen MR) is 112 cm³/mol. The van der Waals surface area contributed by atoms with Gasteiger partial charge in [0.2, 0.25) is 5.91 Å². The maximum Gasteiger partial charge on any atom is 0.253 e. The first-order valence-electron chi connectivity index (χ1n) is 9.14. The second-order valence-electron chi connectivity index (χ2n) is 6.91. The van der Waals surface area contributed by atoms with Crippen LogP contribution in [0.25, 0.3) is 0 Å². The minimum Gasteiger partial charge on any atom is -0.371 e. The number of benzene rings is 2. The van der Waals surface area contributed by atoms with Crippen LogP contribution in [-0.4, -0.2) is 31.4 Å². The summed E-state index contributed by atoms with van der Waals surface area (Å²) in [6, 6.07) is 11.5. The molecule has 0 aromatic heterocycles. The maximum absolute atomic E-state index is 12.7. The molecule has 5 nitrogen and oxygen atoms in total. The molecule has 2 amide bonds. The molecule has 27 heavy (non-hydrogen) atoms. The van der Waals surface area contributed by atoms with E-state index < -0.39 is 0 Å². The third kappa shape index (κ3) is 4.89. The molecule has 142 valence electrons. The van der Waals surface area contributed by atoms with E-state index in [9.17, 15) is 9.59 Å². The molecule has 0 saturated carbocycles. The van der Waals surface area contributed by atoms with E-state index in [0.717, 1.165) is 47.2 Å². The van der Waals surface area contributed by atoms with Crippen molar-refractivity contribution in [2.45, 2.75) is 26.7 Å². The van der Waals surface area contributed by atoms with Gasteiger partial charge in [0, 0.05) is 28.9 Å². The van der Waals surface area contributed by atoms with Crippen molar-refractivity contribution < 1.29 is 9.59 Å². The number of anilines is 2. The summed E-state index contributed by atoms with van der Waals surface area (Å²) in [4.78, 5) is 27.1. The quantitative estimate of drug-likeness (QED) is 0.753. The van der Waals surface area contributed by atoms with E-state index in [-0.39, 0.29) is 18.4 Å². The molecule has 0 bridgehead atoms. The first-order valence-corrected chi connectivity index (χ1v) is 9.93. The Kier molecular flexibility index (Phi) is 6.16. The summed E-state index contributed by atoms with van der Waals surface area (Å²) in [5.41, 5.74) is 4.34. The lowest BCUT2D eigenvalue weighted by Crippen LogP contribution is -2.34. The van der Waals surface area contributed by atoms with Gasteiger partial charge >= 0.3 is 0 Å². The second-order valence-corrected chi connectivity index (χ2v) is 7.76. The summed E-state index contributed by atoms with van der Waals surface area (Å²) < 4.78 is 0.989. The molecule has 0 aliphatic carbocycles. The Hall–Kier alpha value is -2.34. The molecular formula is C21H24BrN3O2. The summed E-state index contributed by atoms with van der Waals surface area (Å²) in [6.45, 7) is 5.78. The van der Waals surface area contributed by atoms with Gasteiger partial charge in [0.15, 0.2) is 0 Å². The van der Waals surface area contributed by atoms with Gasteiger partial charge in [0.05, 0.1) is 12.1 Å². The van der Waals surface area contributed by atoms with Crippen molar-refractivity contribution in [2.75, 3.05) is 29.9 Å². The molecule has 2 N–H and O–H groups in total. The van der Waals surface area contributed by atoms with Crippen molar-refractivity contribution in [3.05, 3.63) is 57.6 Å². The molecule has 3 rings (SSSR count). The Morgan fingerprint density at radius 1 is 1.07 bits per heavy atom. The van der Waals surface area contributed by atoms with Gasteiger partial charge in [-0.05, 0) is 62.6 Å². The van der Waals surface area contributed by atoms with Crippen LogP contribution in [0.2, 0.25) is 0 Å². The van der Waals surface area contributed by atoms with Gasteiger partial charge in [-0.2, -0.15) is 0 Å². The number of hydrogen-bond donors (Lipinski definition) is 2. The van der Waals surface area contributed by atoms with Crippen LogP contribution in [0.4, 0.5) is 11.4 Å². The van der Waals surface area contributed by atoms with Crippen LogP contribution in [0.3, 0.4) is 0 Å². The van der Waals surface area contributed by atoms with Crippen LogP contribution in [0.1, 0.15) is 34.3 Å². The van der Waals surface area contributed by atoms with Gasteiger partial charge in [0.25, 0.3) is 5.91 Å². The van der Waals surface area contributed by atoms with E-state index in [0.29, 0.717) is 11.3 Å². The highest BCUT2D eigenvalue weighted by atomic mass is 79.9. The molecular weight excluding hydrogens is 406 g/mol. The summed E-state index contributed by atoms with van der Waals surface area (Å²) >= 11 is 3.44. The molecule has 2 aromatic rings. The van der Waals surface area contributed by atoms with Crippen molar-refractivity contribution >= 4 is 39.1 Å². The predicted octanol–water partition coefficient (Wildman–Crippen LogP) is 4.03. The number of carbonyl (C=O) groups is 2. The number of hydrogen-bond acceptors (Lipinski definition) is 3. The van der Waals surface area contributed by atoms with Crippen molar-refractivity contribution in [1.82, 2.24) is 5.32 Å². The molecule has 6 heteroatoms. The molecule has 0 atom stereocenters. The fourth-order valence-electron chi connectivity index (χ4n) is 3.25. The van der Waals surface area contributed by atoms with E-state index in [1.54, 1.807) is 0 Å². The van der Waals surface area contributed by atoms with Crippen molar-refractivity contribution in [2.24, 2.45) is 0 Å². The first-order chi connectivity index (χ1) is 12.9. The van der Waals surface area contributed by atoms with Crippen LogP contribution in [0.5, 0.6) is 0 Å². The largest absolute Gasteiger partial charge is 0.371 e. The summed E-state index contributed by atoms with van der Waals surface area (Å²) in [5, 5.41) is 5.56. The minimum absolute atomic E-state index is 0.0681.